The monoisotopic (exact) mass is 240 g/mol. The van der Waals surface area contributed by atoms with Gasteiger partial charge in [-0.25, -0.2) is 13.6 Å². The van der Waals surface area contributed by atoms with Gasteiger partial charge in [-0.1, -0.05) is 6.08 Å². The molecule has 0 radical (unpaired) electrons. The second-order valence-electron chi connectivity index (χ2n) is 3.06. The van der Waals surface area contributed by atoms with E-state index in [-0.39, 0.29) is 10.8 Å². The number of rotatable bonds is 3. The first-order valence-corrected chi connectivity index (χ1v) is 6.04. The molecule has 0 heterocycles. The molecule has 0 saturated carbocycles. The van der Waals surface area contributed by atoms with Crippen LogP contribution in [0.15, 0.2) is 41.3 Å². The van der Waals surface area contributed by atoms with E-state index in [1.165, 1.54) is 30.3 Å². The first-order chi connectivity index (χ1) is 7.43. The molecule has 0 spiro atoms. The van der Waals surface area contributed by atoms with Gasteiger partial charge in [0.05, 0.1) is 4.90 Å². The number of allylic oxidation sites excluding steroid dienone is 1. The van der Waals surface area contributed by atoms with Crippen molar-refractivity contribution in [3.63, 3.8) is 0 Å². The molecule has 0 aliphatic rings. The van der Waals surface area contributed by atoms with E-state index in [0.29, 0.717) is 5.69 Å². The van der Waals surface area contributed by atoms with Gasteiger partial charge in [-0.15, -0.1) is 0 Å². The first kappa shape index (κ1) is 12.4. The zero-order valence-electron chi connectivity index (χ0n) is 8.67. The van der Waals surface area contributed by atoms with E-state index in [1.807, 2.05) is 0 Å². The van der Waals surface area contributed by atoms with Crippen molar-refractivity contribution < 1.29 is 13.2 Å². The minimum absolute atomic E-state index is 0.0107. The molecule has 3 N–H and O–H groups in total. The topological polar surface area (TPSA) is 89.3 Å². The quantitative estimate of drug-likeness (QED) is 0.767. The summed E-state index contributed by atoms with van der Waals surface area (Å²) in [6.07, 6.45) is 2.97. The predicted molar refractivity (Wildman–Crippen MR) is 61.3 cm³/mol. The van der Waals surface area contributed by atoms with Crippen LogP contribution >= 0.6 is 0 Å². The number of sulfonamides is 1. The second-order valence-corrected chi connectivity index (χ2v) is 4.62. The molecule has 1 aromatic rings. The van der Waals surface area contributed by atoms with Crippen LogP contribution in [0.2, 0.25) is 0 Å². The van der Waals surface area contributed by atoms with Gasteiger partial charge < -0.3 is 5.32 Å². The summed E-state index contributed by atoms with van der Waals surface area (Å²) in [6, 6.07) is 5.61. The van der Waals surface area contributed by atoms with Crippen LogP contribution < -0.4 is 10.5 Å². The van der Waals surface area contributed by atoms with Gasteiger partial charge in [0, 0.05) is 5.69 Å². The summed E-state index contributed by atoms with van der Waals surface area (Å²) in [4.78, 5) is 11.2. The average Bonchev–Trinajstić information content (AvgIpc) is 2.17. The Morgan fingerprint density at radius 2 is 1.88 bits per heavy atom. The highest BCUT2D eigenvalue weighted by atomic mass is 32.2. The van der Waals surface area contributed by atoms with Crippen molar-refractivity contribution in [2.45, 2.75) is 11.8 Å². The van der Waals surface area contributed by atoms with E-state index in [1.54, 1.807) is 13.0 Å². The number of carbonyl (C=O) groups is 1. The van der Waals surface area contributed by atoms with Crippen molar-refractivity contribution in [1.82, 2.24) is 0 Å². The van der Waals surface area contributed by atoms with Gasteiger partial charge in [-0.3, -0.25) is 4.79 Å². The van der Waals surface area contributed by atoms with Gasteiger partial charge in [0.1, 0.15) is 0 Å². The first-order valence-electron chi connectivity index (χ1n) is 4.50. The molecule has 0 aliphatic carbocycles. The molecular formula is C10H12N2O3S. The zero-order chi connectivity index (χ0) is 12.2. The Bertz CT molecular complexity index is 503. The van der Waals surface area contributed by atoms with Crippen molar-refractivity contribution in [1.29, 1.82) is 0 Å². The molecule has 0 fully saturated rings. The van der Waals surface area contributed by atoms with E-state index in [2.05, 4.69) is 5.32 Å². The molecule has 1 amide bonds. The Morgan fingerprint density at radius 3 is 2.31 bits per heavy atom. The summed E-state index contributed by atoms with van der Waals surface area (Å²) in [5.74, 6) is -0.272. The predicted octanol–water partition coefficient (Wildman–Crippen LogP) is 0.849. The molecule has 0 unspecified atom stereocenters. The molecule has 5 nitrogen and oxygen atoms in total. The summed E-state index contributed by atoms with van der Waals surface area (Å²) in [5.41, 5.74) is 0.510. The van der Waals surface area contributed by atoms with Crippen LogP contribution in [0.1, 0.15) is 6.92 Å². The fourth-order valence-corrected chi connectivity index (χ4v) is 1.58. The Balaban J connectivity index is 2.84. The van der Waals surface area contributed by atoms with Crippen molar-refractivity contribution in [2.24, 2.45) is 5.14 Å². The lowest BCUT2D eigenvalue weighted by atomic mass is 10.3. The molecular weight excluding hydrogens is 228 g/mol. The standard InChI is InChI=1S/C10H12N2O3S/c1-2-3-10(13)12-8-4-6-9(7-5-8)16(11,14)15/h2-7H,1H3,(H,12,13)(H2,11,14,15)/b3-2-. The van der Waals surface area contributed by atoms with E-state index >= 15 is 0 Å². The molecule has 0 saturated heterocycles. The van der Waals surface area contributed by atoms with Crippen LogP contribution in [0.4, 0.5) is 5.69 Å². The van der Waals surface area contributed by atoms with E-state index in [4.69, 9.17) is 5.14 Å². The number of primary sulfonamides is 1. The number of benzene rings is 1. The van der Waals surface area contributed by atoms with Crippen LogP contribution in [0.25, 0.3) is 0 Å². The van der Waals surface area contributed by atoms with Gasteiger partial charge in [0.15, 0.2) is 0 Å². The number of carbonyl (C=O) groups excluding carboxylic acids is 1. The minimum atomic E-state index is -3.68. The van der Waals surface area contributed by atoms with Gasteiger partial charge in [-0.2, -0.15) is 0 Å². The van der Waals surface area contributed by atoms with Crippen molar-refractivity contribution in [3.05, 3.63) is 36.4 Å². The maximum Gasteiger partial charge on any atom is 0.248 e. The number of nitrogens with two attached hydrogens (primary N) is 1. The number of amides is 1. The fourth-order valence-electron chi connectivity index (χ4n) is 1.06. The zero-order valence-corrected chi connectivity index (χ0v) is 9.49. The summed E-state index contributed by atoms with van der Waals surface area (Å²) in [6.45, 7) is 1.73. The molecule has 86 valence electrons. The van der Waals surface area contributed by atoms with E-state index < -0.39 is 10.0 Å². The number of hydrogen-bond acceptors (Lipinski definition) is 3. The van der Waals surface area contributed by atoms with Crippen LogP contribution in [0.5, 0.6) is 0 Å². The van der Waals surface area contributed by atoms with E-state index in [9.17, 15) is 13.2 Å². The van der Waals surface area contributed by atoms with Crippen LogP contribution in [-0.4, -0.2) is 14.3 Å². The van der Waals surface area contributed by atoms with Gasteiger partial charge in [0.2, 0.25) is 15.9 Å². The Morgan fingerprint density at radius 1 is 1.31 bits per heavy atom. The average molecular weight is 240 g/mol. The number of hydrogen-bond donors (Lipinski definition) is 2. The summed E-state index contributed by atoms with van der Waals surface area (Å²) in [5, 5.41) is 7.49. The third-order valence-corrected chi connectivity index (χ3v) is 2.70. The molecule has 1 aromatic carbocycles. The van der Waals surface area contributed by atoms with Crippen molar-refractivity contribution in [3.8, 4) is 0 Å². The van der Waals surface area contributed by atoms with Crippen LogP contribution in [-0.2, 0) is 14.8 Å². The van der Waals surface area contributed by atoms with Crippen LogP contribution in [0, 0.1) is 0 Å². The second kappa shape index (κ2) is 4.91. The maximum atomic E-state index is 11.2. The van der Waals surface area contributed by atoms with Crippen LogP contribution in [0.3, 0.4) is 0 Å². The molecule has 0 aromatic heterocycles. The number of nitrogens with one attached hydrogen (secondary N) is 1. The highest BCUT2D eigenvalue weighted by molar-refractivity contribution is 7.89. The van der Waals surface area contributed by atoms with Gasteiger partial charge in [0.25, 0.3) is 0 Å². The molecule has 16 heavy (non-hydrogen) atoms. The minimum Gasteiger partial charge on any atom is -0.323 e. The maximum absolute atomic E-state index is 11.2. The molecule has 0 atom stereocenters. The highest BCUT2D eigenvalue weighted by Crippen LogP contribution is 2.12. The summed E-state index contributed by atoms with van der Waals surface area (Å²) < 4.78 is 21.9. The molecule has 0 bridgehead atoms. The fraction of sp³-hybridized carbons (Fsp3) is 0.100. The SMILES string of the molecule is C/C=C\C(=O)Nc1ccc(S(N)(=O)=O)cc1. The van der Waals surface area contributed by atoms with Gasteiger partial charge >= 0.3 is 0 Å². The Kier molecular flexibility index (Phi) is 3.81. The lowest BCUT2D eigenvalue weighted by Crippen LogP contribution is -2.12. The smallest absolute Gasteiger partial charge is 0.248 e. The molecule has 0 aliphatic heterocycles. The van der Waals surface area contributed by atoms with Gasteiger partial charge in [-0.05, 0) is 37.3 Å². The Labute approximate surface area is 94.0 Å². The molecule has 1 rings (SSSR count). The molecule has 6 heteroatoms. The third kappa shape index (κ3) is 3.48. The lowest BCUT2D eigenvalue weighted by molar-refractivity contribution is -0.111. The van der Waals surface area contributed by atoms with E-state index in [0.717, 1.165) is 0 Å². The third-order valence-electron chi connectivity index (χ3n) is 1.77. The summed E-state index contributed by atoms with van der Waals surface area (Å²) in [7, 11) is -3.68. The number of anilines is 1. The van der Waals surface area contributed by atoms with Crippen molar-refractivity contribution in [2.75, 3.05) is 5.32 Å². The summed E-state index contributed by atoms with van der Waals surface area (Å²) >= 11 is 0. The highest BCUT2D eigenvalue weighted by Gasteiger charge is 2.06. The largest absolute Gasteiger partial charge is 0.323 e. The lowest BCUT2D eigenvalue weighted by Gasteiger charge is -2.03. The normalized spacial score (nSPS) is 11.6. The Hall–Kier alpha value is -1.66. The van der Waals surface area contributed by atoms with Crippen molar-refractivity contribution >= 4 is 21.6 Å².